The van der Waals surface area contributed by atoms with E-state index in [1.165, 1.54) is 24.5 Å². The summed E-state index contributed by atoms with van der Waals surface area (Å²) >= 11 is 5.95. The molecule has 18 heteroatoms. The molecular formula is C42H43ClF2N8O7. The lowest BCUT2D eigenvalue weighted by molar-refractivity contribution is -0.136. The zero-order valence-electron chi connectivity index (χ0n) is 32.8. The second-order valence-corrected chi connectivity index (χ2v) is 15.8. The molecule has 1 aromatic heterocycles. The maximum atomic E-state index is 15.4. The number of methoxy groups -OCH3 is 1. The lowest BCUT2D eigenvalue weighted by Crippen LogP contribution is -2.54. The Bertz CT molecular complexity index is 2370. The number of amides is 5. The molecule has 1 atom stereocenters. The van der Waals surface area contributed by atoms with Gasteiger partial charge in [0.15, 0.2) is 11.5 Å². The molecule has 314 valence electrons. The zero-order chi connectivity index (χ0) is 42.1. The van der Waals surface area contributed by atoms with E-state index >= 15 is 4.39 Å². The minimum absolute atomic E-state index is 0.00402. The normalized spacial score (nSPS) is 18.9. The minimum Gasteiger partial charge on any atom is -0.493 e. The minimum atomic E-state index is -1.13. The number of fused-ring (bicyclic) bond motifs is 2. The Hall–Kier alpha value is -5.94. The number of hydrogen-bond acceptors (Lipinski definition) is 12. The van der Waals surface area contributed by atoms with Crippen LogP contribution in [0.1, 0.15) is 59.2 Å². The van der Waals surface area contributed by atoms with Crippen LogP contribution >= 0.6 is 11.6 Å². The van der Waals surface area contributed by atoms with Crippen LogP contribution in [-0.4, -0.2) is 120 Å². The fourth-order valence-corrected chi connectivity index (χ4v) is 8.51. The lowest BCUT2D eigenvalue weighted by Gasteiger charge is -2.37. The fourth-order valence-electron chi connectivity index (χ4n) is 8.33. The van der Waals surface area contributed by atoms with Crippen molar-refractivity contribution < 1.29 is 42.2 Å². The number of nitrogens with one attached hydrogen (secondary N) is 2. The van der Waals surface area contributed by atoms with E-state index in [-0.39, 0.29) is 46.5 Å². The van der Waals surface area contributed by atoms with Gasteiger partial charge in [0.2, 0.25) is 17.7 Å². The number of piperazine rings is 1. The summed E-state index contributed by atoms with van der Waals surface area (Å²) in [6.07, 6.45) is 4.45. The Morgan fingerprint density at radius 2 is 1.65 bits per heavy atom. The third-order valence-corrected chi connectivity index (χ3v) is 11.9. The van der Waals surface area contributed by atoms with Gasteiger partial charge in [-0.25, -0.2) is 18.7 Å². The first-order chi connectivity index (χ1) is 29.0. The van der Waals surface area contributed by atoms with Gasteiger partial charge in [-0.05, 0) is 81.1 Å². The van der Waals surface area contributed by atoms with Gasteiger partial charge in [0.05, 0.1) is 41.1 Å². The molecule has 0 radical (unpaired) electrons. The van der Waals surface area contributed by atoms with E-state index < -0.39 is 41.3 Å². The van der Waals surface area contributed by atoms with E-state index in [1.807, 2.05) is 0 Å². The first-order valence-corrected chi connectivity index (χ1v) is 20.3. The smallest absolute Gasteiger partial charge is 0.262 e. The van der Waals surface area contributed by atoms with Crippen LogP contribution in [0.15, 0.2) is 48.8 Å². The van der Waals surface area contributed by atoms with Crippen molar-refractivity contribution in [3.63, 3.8) is 0 Å². The van der Waals surface area contributed by atoms with E-state index in [4.69, 9.17) is 21.1 Å². The van der Waals surface area contributed by atoms with Crippen LogP contribution in [0.25, 0.3) is 10.9 Å². The maximum absolute atomic E-state index is 15.4. The third-order valence-electron chi connectivity index (χ3n) is 11.6. The zero-order valence-corrected chi connectivity index (χ0v) is 33.6. The van der Waals surface area contributed by atoms with Crippen molar-refractivity contribution in [2.45, 2.75) is 44.6 Å². The predicted octanol–water partition coefficient (Wildman–Crippen LogP) is 4.93. The Morgan fingerprint density at radius 3 is 2.37 bits per heavy atom. The molecule has 3 fully saturated rings. The van der Waals surface area contributed by atoms with Gasteiger partial charge in [-0.15, -0.1) is 0 Å². The quantitative estimate of drug-likeness (QED) is 0.146. The summed E-state index contributed by atoms with van der Waals surface area (Å²) in [7, 11) is 1.56. The predicted molar refractivity (Wildman–Crippen MR) is 217 cm³/mol. The van der Waals surface area contributed by atoms with Gasteiger partial charge in [0.1, 0.15) is 29.8 Å². The number of piperidine rings is 2. The number of anilines is 3. The summed E-state index contributed by atoms with van der Waals surface area (Å²) in [4.78, 5) is 79.2. The summed E-state index contributed by atoms with van der Waals surface area (Å²) in [6.45, 7) is 4.53. The van der Waals surface area contributed by atoms with Gasteiger partial charge in [0.25, 0.3) is 11.8 Å². The van der Waals surface area contributed by atoms with Gasteiger partial charge in [0, 0.05) is 62.7 Å². The Balaban J connectivity index is 0.775. The van der Waals surface area contributed by atoms with Crippen LogP contribution < -0.4 is 25.0 Å². The highest BCUT2D eigenvalue weighted by Crippen LogP contribution is 2.36. The number of benzene rings is 3. The molecule has 1 unspecified atom stereocenters. The molecule has 8 rings (SSSR count). The number of nitrogens with zero attached hydrogens (tertiary/aromatic N) is 6. The second kappa shape index (κ2) is 17.3. The molecule has 0 aliphatic carbocycles. The van der Waals surface area contributed by atoms with Crippen molar-refractivity contribution in [2.75, 3.05) is 69.7 Å². The largest absolute Gasteiger partial charge is 0.493 e. The molecule has 60 heavy (non-hydrogen) atoms. The Labute approximate surface area is 348 Å². The number of carbonyl (C=O) groups excluding carboxylic acids is 5. The standard InChI is InChI=1S/C42H43ClF2N8O7/c1-59-35-21-28-32(46-23-47-39(28)48-25-3-4-30(44)29(43)18-25)22-36(35)60-16-2-9-50-10-7-24(8-11-50)17-38(55)52-14-12-51(13-15-52)34-20-27-26(19-31(34)45)41(57)53(42(27)58)33-5-6-37(54)49-40(33)56/h3-4,18-24,33H,2,5-17H2,1H3,(H,46,47,48)(H,49,54,56). The molecule has 4 aromatic rings. The van der Waals surface area contributed by atoms with Crippen LogP contribution in [0, 0.1) is 17.6 Å². The van der Waals surface area contributed by atoms with Gasteiger partial charge in [-0.1, -0.05) is 11.6 Å². The molecule has 4 aliphatic heterocycles. The highest BCUT2D eigenvalue weighted by molar-refractivity contribution is 6.31. The number of ether oxygens (including phenoxy) is 2. The molecule has 3 aromatic carbocycles. The fraction of sp³-hybridized carbons (Fsp3) is 0.405. The first-order valence-electron chi connectivity index (χ1n) is 19.9. The molecule has 0 saturated carbocycles. The van der Waals surface area contributed by atoms with Crippen molar-refractivity contribution in [1.29, 1.82) is 0 Å². The number of halogens is 3. The number of hydrogen-bond donors (Lipinski definition) is 2. The van der Waals surface area contributed by atoms with Gasteiger partial charge in [-0.2, -0.15) is 0 Å². The molecule has 3 saturated heterocycles. The highest BCUT2D eigenvalue weighted by Gasteiger charge is 2.45. The third kappa shape index (κ3) is 8.41. The van der Waals surface area contributed by atoms with E-state index in [1.54, 1.807) is 35.1 Å². The van der Waals surface area contributed by atoms with E-state index in [9.17, 15) is 28.4 Å². The van der Waals surface area contributed by atoms with E-state index in [2.05, 4.69) is 25.5 Å². The van der Waals surface area contributed by atoms with Gasteiger partial charge < -0.3 is 29.5 Å². The number of imide groups is 2. The molecule has 4 aliphatic rings. The first kappa shape index (κ1) is 40.8. The van der Waals surface area contributed by atoms with Crippen LogP contribution in [0.2, 0.25) is 5.02 Å². The molecule has 0 spiro atoms. The molecule has 0 bridgehead atoms. The van der Waals surface area contributed by atoms with Crippen molar-refractivity contribution in [3.05, 3.63) is 76.6 Å². The average Bonchev–Trinajstić information content (AvgIpc) is 3.48. The SMILES string of the molecule is COc1cc2c(Nc3ccc(F)c(Cl)c3)ncnc2cc1OCCCN1CCC(CC(=O)N2CCN(c3cc4c(cc3F)C(=O)N(C3CCC(=O)NC3=O)C4=O)CC2)CC1. The van der Waals surface area contributed by atoms with Gasteiger partial charge >= 0.3 is 0 Å². The topological polar surface area (TPSA) is 167 Å². The van der Waals surface area contributed by atoms with Crippen molar-refractivity contribution in [1.82, 2.24) is 30.0 Å². The monoisotopic (exact) mass is 844 g/mol. The number of carbonyl (C=O) groups is 5. The number of rotatable bonds is 12. The Morgan fingerprint density at radius 1 is 0.900 bits per heavy atom. The summed E-state index contributed by atoms with van der Waals surface area (Å²) in [5, 5.41) is 6.01. The maximum Gasteiger partial charge on any atom is 0.262 e. The average molecular weight is 845 g/mol. The number of likely N-dealkylation sites (tertiary alicyclic amines) is 1. The second-order valence-electron chi connectivity index (χ2n) is 15.4. The van der Waals surface area contributed by atoms with Crippen LogP contribution in [0.4, 0.5) is 26.0 Å². The number of aromatic nitrogens is 2. The van der Waals surface area contributed by atoms with Crippen LogP contribution in [0.3, 0.4) is 0 Å². The summed E-state index contributed by atoms with van der Waals surface area (Å²) < 4.78 is 40.8. The van der Waals surface area contributed by atoms with Crippen LogP contribution in [0.5, 0.6) is 11.5 Å². The summed E-state index contributed by atoms with van der Waals surface area (Å²) in [5.41, 5.74) is 1.27. The van der Waals surface area contributed by atoms with Crippen LogP contribution in [-0.2, 0) is 14.4 Å². The molecule has 5 heterocycles. The van der Waals surface area contributed by atoms with Crippen molar-refractivity contribution in [3.8, 4) is 11.5 Å². The van der Waals surface area contributed by atoms with E-state index in [0.717, 1.165) is 49.9 Å². The Kier molecular flexibility index (Phi) is 11.8. The molecular weight excluding hydrogens is 802 g/mol. The molecule has 15 nitrogen and oxygen atoms in total. The molecule has 2 N–H and O–H groups in total. The summed E-state index contributed by atoms with van der Waals surface area (Å²) in [5.74, 6) is -1.93. The van der Waals surface area contributed by atoms with Crippen molar-refractivity contribution in [2.24, 2.45) is 5.92 Å². The lowest BCUT2D eigenvalue weighted by atomic mass is 9.92. The molecule has 5 amide bonds. The van der Waals surface area contributed by atoms with Crippen molar-refractivity contribution >= 4 is 69.2 Å². The van der Waals surface area contributed by atoms with E-state index in [0.29, 0.717) is 73.1 Å². The highest BCUT2D eigenvalue weighted by atomic mass is 35.5. The van der Waals surface area contributed by atoms with Gasteiger partial charge in [-0.3, -0.25) is 34.2 Å². The summed E-state index contributed by atoms with van der Waals surface area (Å²) in [6, 6.07) is 9.19.